The number of carbonyl (C=O) groups is 2. The van der Waals surface area contributed by atoms with Gasteiger partial charge in [0.1, 0.15) is 0 Å². The first-order valence-corrected chi connectivity index (χ1v) is 9.32. The number of aryl methyl sites for hydroxylation is 1. The Bertz CT molecular complexity index is 993. The molecule has 1 fully saturated rings. The summed E-state index contributed by atoms with van der Waals surface area (Å²) in [7, 11) is 1.79. The molecule has 0 atom stereocenters. The molecule has 1 aliphatic rings. The number of nitrogens with zero attached hydrogens (tertiary/aromatic N) is 6. The number of hydrogen-bond acceptors (Lipinski definition) is 6. The summed E-state index contributed by atoms with van der Waals surface area (Å²) in [5, 5.41) is 1.80. The van der Waals surface area contributed by atoms with Crippen molar-refractivity contribution in [3.8, 4) is 11.4 Å². The summed E-state index contributed by atoms with van der Waals surface area (Å²) in [5.74, 6) is 0.614. The average molecular weight is 391 g/mol. The van der Waals surface area contributed by atoms with Gasteiger partial charge < -0.3 is 9.47 Å². The fourth-order valence-corrected chi connectivity index (χ4v) is 3.12. The number of hydrogen-bond donors (Lipinski definition) is 1. The fourth-order valence-electron chi connectivity index (χ4n) is 3.12. The van der Waals surface area contributed by atoms with E-state index in [-0.39, 0.29) is 11.8 Å². The number of rotatable bonds is 4. The summed E-state index contributed by atoms with van der Waals surface area (Å²) in [6, 6.07) is 9.59. The van der Waals surface area contributed by atoms with Crippen molar-refractivity contribution in [3.63, 3.8) is 0 Å². The Kier molecular flexibility index (Phi) is 5.30. The van der Waals surface area contributed by atoms with Crippen molar-refractivity contribution in [2.24, 2.45) is 7.05 Å². The Morgan fingerprint density at radius 3 is 2.28 bits per heavy atom. The molecule has 1 aliphatic heterocycles. The SMILES string of the molecule is Cn1ccnc1C(=O)N1CCN(NC(=O)c2cnc(-c3ccccc3)nc2)CC1. The molecule has 3 heterocycles. The van der Waals surface area contributed by atoms with E-state index in [0.29, 0.717) is 43.4 Å². The summed E-state index contributed by atoms with van der Waals surface area (Å²) in [6.45, 7) is 2.08. The molecule has 2 amide bonds. The van der Waals surface area contributed by atoms with Gasteiger partial charge in [-0.3, -0.25) is 15.0 Å². The van der Waals surface area contributed by atoms with Crippen molar-refractivity contribution in [1.82, 2.24) is 34.9 Å². The second kappa shape index (κ2) is 8.19. The number of piperazine rings is 1. The number of nitrogens with one attached hydrogen (secondary N) is 1. The zero-order valence-corrected chi connectivity index (χ0v) is 16.0. The lowest BCUT2D eigenvalue weighted by Crippen LogP contribution is -2.55. The van der Waals surface area contributed by atoms with Crippen molar-refractivity contribution in [2.45, 2.75) is 0 Å². The molecule has 1 N–H and O–H groups in total. The predicted octanol–water partition coefficient (Wildman–Crippen LogP) is 0.980. The molecule has 0 aliphatic carbocycles. The van der Waals surface area contributed by atoms with Gasteiger partial charge in [-0.15, -0.1) is 0 Å². The van der Waals surface area contributed by atoms with Gasteiger partial charge in [0.25, 0.3) is 11.8 Å². The molecular weight excluding hydrogens is 370 g/mol. The highest BCUT2D eigenvalue weighted by Gasteiger charge is 2.25. The number of carbonyl (C=O) groups excluding carboxylic acids is 2. The lowest BCUT2D eigenvalue weighted by molar-refractivity contribution is 0.0495. The molecule has 0 saturated carbocycles. The first-order valence-electron chi connectivity index (χ1n) is 9.32. The Morgan fingerprint density at radius 2 is 1.66 bits per heavy atom. The summed E-state index contributed by atoms with van der Waals surface area (Å²) in [5.41, 5.74) is 4.14. The van der Waals surface area contributed by atoms with E-state index in [0.717, 1.165) is 5.56 Å². The van der Waals surface area contributed by atoms with E-state index in [1.807, 2.05) is 30.3 Å². The molecule has 1 saturated heterocycles. The summed E-state index contributed by atoms with van der Waals surface area (Å²) in [4.78, 5) is 39.4. The lowest BCUT2D eigenvalue weighted by Gasteiger charge is -2.34. The van der Waals surface area contributed by atoms with Crippen LogP contribution in [-0.4, -0.2) is 67.4 Å². The van der Waals surface area contributed by atoms with Gasteiger partial charge >= 0.3 is 0 Å². The maximum atomic E-state index is 12.5. The van der Waals surface area contributed by atoms with E-state index < -0.39 is 0 Å². The highest BCUT2D eigenvalue weighted by Crippen LogP contribution is 2.13. The molecule has 3 aromatic rings. The van der Waals surface area contributed by atoms with Crippen LogP contribution >= 0.6 is 0 Å². The van der Waals surface area contributed by atoms with Crippen LogP contribution in [0.4, 0.5) is 0 Å². The third-order valence-electron chi connectivity index (χ3n) is 4.79. The van der Waals surface area contributed by atoms with Gasteiger partial charge in [-0.25, -0.2) is 20.0 Å². The maximum absolute atomic E-state index is 12.5. The van der Waals surface area contributed by atoms with Crippen molar-refractivity contribution in [1.29, 1.82) is 0 Å². The molecule has 9 nitrogen and oxygen atoms in total. The van der Waals surface area contributed by atoms with E-state index in [1.54, 1.807) is 33.9 Å². The minimum Gasteiger partial charge on any atom is -0.333 e. The fraction of sp³-hybridized carbons (Fsp3) is 0.250. The monoisotopic (exact) mass is 391 g/mol. The molecular formula is C20H21N7O2. The van der Waals surface area contributed by atoms with Crippen molar-refractivity contribution in [2.75, 3.05) is 26.2 Å². The van der Waals surface area contributed by atoms with E-state index >= 15 is 0 Å². The van der Waals surface area contributed by atoms with E-state index in [2.05, 4.69) is 20.4 Å². The third kappa shape index (κ3) is 4.14. The van der Waals surface area contributed by atoms with Crippen LogP contribution in [0.3, 0.4) is 0 Å². The Hall–Kier alpha value is -3.59. The molecule has 0 spiro atoms. The maximum Gasteiger partial charge on any atom is 0.289 e. The van der Waals surface area contributed by atoms with Crippen LogP contribution in [0, 0.1) is 0 Å². The highest BCUT2D eigenvalue weighted by atomic mass is 16.2. The van der Waals surface area contributed by atoms with E-state index in [9.17, 15) is 9.59 Å². The van der Waals surface area contributed by atoms with Gasteiger partial charge in [0.15, 0.2) is 11.6 Å². The number of aromatic nitrogens is 4. The average Bonchev–Trinajstić information content (AvgIpc) is 3.20. The molecule has 29 heavy (non-hydrogen) atoms. The van der Waals surface area contributed by atoms with Gasteiger partial charge in [0.05, 0.1) is 5.56 Å². The largest absolute Gasteiger partial charge is 0.333 e. The van der Waals surface area contributed by atoms with E-state index in [1.165, 1.54) is 12.4 Å². The first-order chi connectivity index (χ1) is 14.1. The molecule has 2 aromatic heterocycles. The predicted molar refractivity (Wildman–Crippen MR) is 106 cm³/mol. The van der Waals surface area contributed by atoms with Crippen molar-refractivity contribution in [3.05, 3.63) is 66.5 Å². The molecule has 1 aromatic carbocycles. The minimum atomic E-state index is -0.270. The van der Waals surface area contributed by atoms with Crippen LogP contribution in [0.5, 0.6) is 0 Å². The molecule has 0 bridgehead atoms. The van der Waals surface area contributed by atoms with E-state index in [4.69, 9.17) is 0 Å². The third-order valence-corrected chi connectivity index (χ3v) is 4.79. The summed E-state index contributed by atoms with van der Waals surface area (Å²) in [6.07, 6.45) is 6.39. The number of benzene rings is 1. The summed E-state index contributed by atoms with van der Waals surface area (Å²) < 4.78 is 1.70. The van der Waals surface area contributed by atoms with Crippen molar-refractivity contribution >= 4 is 11.8 Å². The molecule has 0 radical (unpaired) electrons. The van der Waals surface area contributed by atoms with Gasteiger partial charge in [-0.05, 0) is 0 Å². The van der Waals surface area contributed by atoms with Crippen LogP contribution in [0.2, 0.25) is 0 Å². The quantitative estimate of drug-likeness (QED) is 0.712. The zero-order chi connectivity index (χ0) is 20.2. The second-order valence-electron chi connectivity index (χ2n) is 6.74. The van der Waals surface area contributed by atoms with Gasteiger partial charge in [0, 0.05) is 63.6 Å². The zero-order valence-electron chi connectivity index (χ0n) is 16.0. The first kappa shape index (κ1) is 18.8. The highest BCUT2D eigenvalue weighted by molar-refractivity contribution is 5.93. The molecule has 148 valence electrons. The molecule has 0 unspecified atom stereocenters. The van der Waals surface area contributed by atoms with Gasteiger partial charge in [-0.2, -0.15) is 0 Å². The smallest absolute Gasteiger partial charge is 0.289 e. The topological polar surface area (TPSA) is 96.2 Å². The Morgan fingerprint density at radius 1 is 0.966 bits per heavy atom. The van der Waals surface area contributed by atoms with Crippen LogP contribution in [0.25, 0.3) is 11.4 Å². The van der Waals surface area contributed by atoms with Gasteiger partial charge in [0.2, 0.25) is 0 Å². The van der Waals surface area contributed by atoms with Crippen LogP contribution in [0.1, 0.15) is 21.0 Å². The molecule has 4 rings (SSSR count). The van der Waals surface area contributed by atoms with Gasteiger partial charge in [-0.1, -0.05) is 30.3 Å². The van der Waals surface area contributed by atoms with Crippen molar-refractivity contribution < 1.29 is 9.59 Å². The van der Waals surface area contributed by atoms with Crippen LogP contribution in [0.15, 0.2) is 55.1 Å². The lowest BCUT2D eigenvalue weighted by atomic mass is 10.2. The number of imidazole rings is 1. The summed E-state index contributed by atoms with van der Waals surface area (Å²) >= 11 is 0. The Labute approximate surface area is 168 Å². The number of amides is 2. The standard InChI is InChI=1S/C20H21N7O2/c1-25-8-7-21-18(25)20(29)26-9-11-27(12-10-26)24-19(28)16-13-22-17(23-14-16)15-5-3-2-4-6-15/h2-8,13-14H,9-12H2,1H3,(H,24,28). The normalized spacial score (nSPS) is 14.6. The minimum absolute atomic E-state index is 0.103. The Balaban J connectivity index is 1.32. The second-order valence-corrected chi connectivity index (χ2v) is 6.74. The molecule has 9 heteroatoms. The van der Waals surface area contributed by atoms with Crippen LogP contribution < -0.4 is 5.43 Å². The van der Waals surface area contributed by atoms with Crippen LogP contribution in [-0.2, 0) is 7.05 Å². The number of hydrazine groups is 1.